The molecule has 100 valence electrons. The van der Waals surface area contributed by atoms with E-state index in [1.165, 1.54) is 6.20 Å². The Morgan fingerprint density at radius 1 is 1.44 bits per heavy atom. The fourth-order valence-corrected chi connectivity index (χ4v) is 2.16. The molecule has 0 saturated heterocycles. The zero-order chi connectivity index (χ0) is 13.4. The van der Waals surface area contributed by atoms with Crippen LogP contribution in [0.1, 0.15) is 30.8 Å². The van der Waals surface area contributed by atoms with E-state index in [1.807, 2.05) is 18.7 Å². The summed E-state index contributed by atoms with van der Waals surface area (Å²) < 4.78 is 0. The summed E-state index contributed by atoms with van der Waals surface area (Å²) in [5.41, 5.74) is 0.351. The monoisotopic (exact) mass is 268 g/mol. The Labute approximate surface area is 112 Å². The Morgan fingerprint density at radius 2 is 2.22 bits per heavy atom. The van der Waals surface area contributed by atoms with E-state index < -0.39 is 0 Å². The maximum Gasteiger partial charge on any atom is 0.271 e. The third-order valence-electron chi connectivity index (χ3n) is 2.42. The van der Waals surface area contributed by atoms with Crippen LogP contribution in [0.3, 0.4) is 0 Å². The van der Waals surface area contributed by atoms with Gasteiger partial charge in [-0.05, 0) is 24.9 Å². The lowest BCUT2D eigenvalue weighted by Gasteiger charge is -2.12. The first-order chi connectivity index (χ1) is 8.67. The van der Waals surface area contributed by atoms with Crippen LogP contribution in [0.15, 0.2) is 12.4 Å². The van der Waals surface area contributed by atoms with Gasteiger partial charge in [-0.3, -0.25) is 4.79 Å². The van der Waals surface area contributed by atoms with Crippen molar-refractivity contribution in [2.24, 2.45) is 0 Å². The topological polar surface area (TPSA) is 66.9 Å². The predicted octanol–water partition coefficient (Wildman–Crippen LogP) is 1.78. The average molecular weight is 268 g/mol. The highest BCUT2D eigenvalue weighted by Gasteiger charge is 2.11. The van der Waals surface area contributed by atoms with E-state index in [2.05, 4.69) is 27.5 Å². The van der Waals surface area contributed by atoms with Crippen molar-refractivity contribution in [3.8, 4) is 0 Å². The first-order valence-corrected chi connectivity index (χ1v) is 7.21. The van der Waals surface area contributed by atoms with Gasteiger partial charge in [-0.1, -0.05) is 6.92 Å². The maximum absolute atomic E-state index is 11.8. The first kappa shape index (κ1) is 14.8. The molecule has 1 heterocycles. The molecular formula is C12H20N4OS. The molecule has 0 aliphatic carbocycles. The lowest BCUT2D eigenvalue weighted by Crippen LogP contribution is -2.33. The van der Waals surface area contributed by atoms with Crippen LogP contribution in [0, 0.1) is 0 Å². The van der Waals surface area contributed by atoms with Crippen LogP contribution in [0.25, 0.3) is 0 Å². The second-order valence-electron chi connectivity index (χ2n) is 3.90. The van der Waals surface area contributed by atoms with Gasteiger partial charge in [-0.25, -0.2) is 9.97 Å². The molecule has 0 aliphatic rings. The molecule has 5 nitrogen and oxygen atoms in total. The molecule has 18 heavy (non-hydrogen) atoms. The molecule has 2 N–H and O–H groups in total. The van der Waals surface area contributed by atoms with Gasteiger partial charge in [0, 0.05) is 13.1 Å². The molecule has 0 bridgehead atoms. The fraction of sp³-hybridized carbons (Fsp3) is 0.583. The molecule has 6 heteroatoms. The molecule has 1 atom stereocenters. The highest BCUT2D eigenvalue weighted by atomic mass is 32.2. The lowest BCUT2D eigenvalue weighted by molar-refractivity contribution is 0.0934. The smallest absolute Gasteiger partial charge is 0.271 e. The van der Waals surface area contributed by atoms with E-state index in [0.29, 0.717) is 11.5 Å². The molecule has 0 aliphatic heterocycles. The number of carbonyl (C=O) groups is 1. The Bertz CT molecular complexity index is 369. The fourth-order valence-electron chi connectivity index (χ4n) is 1.35. The number of carbonyl (C=O) groups excluding carboxylic acids is 1. The van der Waals surface area contributed by atoms with Crippen molar-refractivity contribution in [2.75, 3.05) is 23.9 Å². The van der Waals surface area contributed by atoms with Crippen molar-refractivity contribution in [3.63, 3.8) is 0 Å². The van der Waals surface area contributed by atoms with Crippen LogP contribution >= 0.6 is 11.8 Å². The number of nitrogens with zero attached hydrogens (tertiary/aromatic N) is 2. The number of hydrogen-bond donors (Lipinski definition) is 2. The van der Waals surface area contributed by atoms with Gasteiger partial charge in [-0.15, -0.1) is 0 Å². The molecular weight excluding hydrogens is 248 g/mol. The van der Waals surface area contributed by atoms with Gasteiger partial charge in [-0.2, -0.15) is 11.8 Å². The van der Waals surface area contributed by atoms with Crippen molar-refractivity contribution >= 4 is 23.5 Å². The minimum atomic E-state index is -0.167. The molecule has 0 spiro atoms. The predicted molar refractivity (Wildman–Crippen MR) is 76.1 cm³/mol. The van der Waals surface area contributed by atoms with E-state index in [9.17, 15) is 4.79 Å². The van der Waals surface area contributed by atoms with Crippen LogP contribution in [0.5, 0.6) is 0 Å². The largest absolute Gasteiger partial charge is 0.372 e. The number of nitrogens with one attached hydrogen (secondary N) is 2. The van der Waals surface area contributed by atoms with E-state index in [4.69, 9.17) is 0 Å². The Balaban J connectivity index is 2.43. The summed E-state index contributed by atoms with van der Waals surface area (Å²) in [7, 11) is 1.76. The van der Waals surface area contributed by atoms with Gasteiger partial charge in [0.25, 0.3) is 5.91 Å². The number of anilines is 1. The van der Waals surface area contributed by atoms with Gasteiger partial charge in [0.05, 0.1) is 12.4 Å². The highest BCUT2D eigenvalue weighted by Crippen LogP contribution is 2.05. The van der Waals surface area contributed by atoms with Gasteiger partial charge < -0.3 is 10.6 Å². The summed E-state index contributed by atoms with van der Waals surface area (Å²) in [6, 6.07) is 0.155. The highest BCUT2D eigenvalue weighted by molar-refractivity contribution is 7.99. The maximum atomic E-state index is 11.8. The average Bonchev–Trinajstić information content (AvgIpc) is 2.39. The van der Waals surface area contributed by atoms with Gasteiger partial charge >= 0.3 is 0 Å². The summed E-state index contributed by atoms with van der Waals surface area (Å²) in [4.78, 5) is 20.0. The molecule has 0 saturated carbocycles. The van der Waals surface area contributed by atoms with Gasteiger partial charge in [0.1, 0.15) is 11.5 Å². The standard InChI is InChI=1S/C12H20N4OS/c1-4-18-6-5-9(2)16-12(17)10-7-15-11(13-3)8-14-10/h7-9H,4-6H2,1-3H3,(H,13,15)(H,16,17). The van der Waals surface area contributed by atoms with Crippen molar-refractivity contribution < 1.29 is 4.79 Å². The molecule has 0 radical (unpaired) electrons. The third-order valence-corrected chi connectivity index (χ3v) is 3.35. The summed E-state index contributed by atoms with van der Waals surface area (Å²) in [6.45, 7) is 4.14. The second-order valence-corrected chi connectivity index (χ2v) is 5.29. The number of aromatic nitrogens is 2. The normalized spacial score (nSPS) is 11.9. The van der Waals surface area contributed by atoms with Crippen molar-refractivity contribution in [3.05, 3.63) is 18.1 Å². The zero-order valence-electron chi connectivity index (χ0n) is 11.1. The Morgan fingerprint density at radius 3 is 2.78 bits per heavy atom. The molecule has 0 aromatic carbocycles. The molecule has 0 fully saturated rings. The van der Waals surface area contributed by atoms with Gasteiger partial charge in [0.15, 0.2) is 0 Å². The molecule has 1 rings (SSSR count). The van der Waals surface area contributed by atoms with E-state index >= 15 is 0 Å². The van der Waals surface area contributed by atoms with E-state index in [0.717, 1.165) is 17.9 Å². The van der Waals surface area contributed by atoms with Crippen molar-refractivity contribution in [1.29, 1.82) is 0 Å². The summed E-state index contributed by atoms with van der Waals surface area (Å²) >= 11 is 1.88. The second kappa shape index (κ2) is 7.92. The van der Waals surface area contributed by atoms with Crippen LogP contribution < -0.4 is 10.6 Å². The molecule has 1 aromatic heterocycles. The lowest BCUT2D eigenvalue weighted by atomic mass is 10.2. The quantitative estimate of drug-likeness (QED) is 0.738. The van der Waals surface area contributed by atoms with E-state index in [-0.39, 0.29) is 11.9 Å². The van der Waals surface area contributed by atoms with Crippen LogP contribution in [0.2, 0.25) is 0 Å². The SMILES string of the molecule is CCSCCC(C)NC(=O)c1cnc(NC)cn1. The third kappa shape index (κ3) is 4.91. The number of hydrogen-bond acceptors (Lipinski definition) is 5. The zero-order valence-corrected chi connectivity index (χ0v) is 11.9. The van der Waals surface area contributed by atoms with Crippen LogP contribution in [-0.2, 0) is 0 Å². The Kier molecular flexibility index (Phi) is 6.49. The minimum Gasteiger partial charge on any atom is -0.372 e. The molecule has 1 unspecified atom stereocenters. The molecule has 1 aromatic rings. The first-order valence-electron chi connectivity index (χ1n) is 6.05. The number of rotatable bonds is 7. The summed E-state index contributed by atoms with van der Waals surface area (Å²) in [5.74, 6) is 2.65. The van der Waals surface area contributed by atoms with Crippen LogP contribution in [0.4, 0.5) is 5.82 Å². The Hall–Kier alpha value is -1.30. The van der Waals surface area contributed by atoms with Crippen LogP contribution in [-0.4, -0.2) is 40.5 Å². The van der Waals surface area contributed by atoms with E-state index in [1.54, 1.807) is 13.2 Å². The summed E-state index contributed by atoms with van der Waals surface area (Å²) in [5, 5.41) is 5.78. The number of thioether (sulfide) groups is 1. The number of amides is 1. The molecule has 1 amide bonds. The minimum absolute atomic E-state index is 0.155. The van der Waals surface area contributed by atoms with Crippen molar-refractivity contribution in [1.82, 2.24) is 15.3 Å². The van der Waals surface area contributed by atoms with Gasteiger partial charge in [0.2, 0.25) is 0 Å². The summed E-state index contributed by atoms with van der Waals surface area (Å²) in [6.07, 6.45) is 3.99. The van der Waals surface area contributed by atoms with Crippen molar-refractivity contribution in [2.45, 2.75) is 26.3 Å².